The number of nitrogens with zero attached hydrogens (tertiary/aromatic N) is 1. The van der Waals surface area contributed by atoms with Crippen molar-refractivity contribution in [2.24, 2.45) is 0 Å². The van der Waals surface area contributed by atoms with Gasteiger partial charge in [-0.1, -0.05) is 24.3 Å². The number of rotatable bonds is 6. The predicted octanol–water partition coefficient (Wildman–Crippen LogP) is 4.56. The quantitative estimate of drug-likeness (QED) is 0.841. The predicted molar refractivity (Wildman–Crippen MR) is 92.2 cm³/mol. The molecule has 1 aromatic carbocycles. The van der Waals surface area contributed by atoms with Crippen LogP contribution in [0.3, 0.4) is 0 Å². The fraction of sp³-hybridized carbons (Fsp3) is 0.444. The van der Waals surface area contributed by atoms with E-state index < -0.39 is 0 Å². The Labute approximate surface area is 131 Å². The number of para-hydroxylation sites is 1. The summed E-state index contributed by atoms with van der Waals surface area (Å²) in [6.07, 6.45) is 1.23. The minimum atomic E-state index is 0.594. The van der Waals surface area contributed by atoms with E-state index in [1.54, 1.807) is 0 Å². The maximum absolute atomic E-state index is 3.53. The summed E-state index contributed by atoms with van der Waals surface area (Å²) >= 11 is 1.86. The molecule has 0 amide bonds. The zero-order chi connectivity index (χ0) is 14.7. The van der Waals surface area contributed by atoms with Crippen molar-refractivity contribution in [2.75, 3.05) is 18.4 Å². The normalized spacial score (nSPS) is 17.2. The molecule has 3 heteroatoms. The third kappa shape index (κ3) is 3.47. The van der Waals surface area contributed by atoms with Gasteiger partial charge in [-0.3, -0.25) is 4.90 Å². The van der Waals surface area contributed by atoms with Crippen molar-refractivity contribution in [3.8, 4) is 0 Å². The molecule has 0 bridgehead atoms. The summed E-state index contributed by atoms with van der Waals surface area (Å²) in [7, 11) is 0. The van der Waals surface area contributed by atoms with Gasteiger partial charge in [0.25, 0.3) is 0 Å². The Kier molecular flexibility index (Phi) is 4.61. The first-order valence-electron chi connectivity index (χ1n) is 7.83. The van der Waals surface area contributed by atoms with Gasteiger partial charge in [-0.15, -0.1) is 11.3 Å². The van der Waals surface area contributed by atoms with Gasteiger partial charge in [-0.2, -0.15) is 0 Å². The van der Waals surface area contributed by atoms with Crippen molar-refractivity contribution in [3.05, 3.63) is 52.2 Å². The van der Waals surface area contributed by atoms with E-state index >= 15 is 0 Å². The van der Waals surface area contributed by atoms with Crippen LogP contribution in [0.15, 0.2) is 41.8 Å². The van der Waals surface area contributed by atoms with Gasteiger partial charge in [0, 0.05) is 35.6 Å². The standard InChI is InChI=1S/C18H24N2S/c1-14(2)20(13-16-6-5-11-21-16)10-9-15-12-19-18-8-4-3-7-17(15)18/h3-8,11,14-15,19H,9-10,12-13H2,1-2H3. The lowest BCUT2D eigenvalue weighted by Crippen LogP contribution is -2.32. The number of nitrogens with one attached hydrogen (secondary N) is 1. The summed E-state index contributed by atoms with van der Waals surface area (Å²) in [5.74, 6) is 0.658. The van der Waals surface area contributed by atoms with Gasteiger partial charge in [0.05, 0.1) is 0 Å². The molecule has 0 saturated heterocycles. The molecule has 1 N–H and O–H groups in total. The summed E-state index contributed by atoms with van der Waals surface area (Å²) in [4.78, 5) is 4.06. The van der Waals surface area contributed by atoms with E-state index in [1.165, 1.54) is 22.5 Å². The molecule has 0 aliphatic carbocycles. The maximum Gasteiger partial charge on any atom is 0.0376 e. The molecule has 3 rings (SSSR count). The highest BCUT2D eigenvalue weighted by atomic mass is 32.1. The maximum atomic E-state index is 3.53. The van der Waals surface area contributed by atoms with E-state index in [2.05, 4.69) is 65.8 Å². The van der Waals surface area contributed by atoms with Crippen molar-refractivity contribution in [1.82, 2.24) is 4.90 Å². The molecule has 2 aromatic rings. The fourth-order valence-corrected chi connectivity index (χ4v) is 3.79. The topological polar surface area (TPSA) is 15.3 Å². The highest BCUT2D eigenvalue weighted by Crippen LogP contribution is 2.33. The highest BCUT2D eigenvalue weighted by Gasteiger charge is 2.22. The summed E-state index contributed by atoms with van der Waals surface area (Å²) in [5.41, 5.74) is 2.83. The lowest BCUT2D eigenvalue weighted by molar-refractivity contribution is 0.208. The van der Waals surface area contributed by atoms with Gasteiger partial charge in [0.15, 0.2) is 0 Å². The lowest BCUT2D eigenvalue weighted by Gasteiger charge is -2.27. The summed E-state index contributed by atoms with van der Waals surface area (Å²) in [5, 5.41) is 5.70. The van der Waals surface area contributed by atoms with Crippen molar-refractivity contribution in [3.63, 3.8) is 0 Å². The molecule has 2 heterocycles. The third-order valence-electron chi connectivity index (χ3n) is 4.37. The molecule has 0 radical (unpaired) electrons. The van der Waals surface area contributed by atoms with Crippen LogP contribution in [0.1, 0.15) is 36.6 Å². The molecule has 1 aromatic heterocycles. The number of thiophene rings is 1. The van der Waals surface area contributed by atoms with Gasteiger partial charge in [-0.25, -0.2) is 0 Å². The van der Waals surface area contributed by atoms with Crippen molar-refractivity contribution in [2.45, 2.75) is 38.8 Å². The van der Waals surface area contributed by atoms with Crippen LogP contribution >= 0.6 is 11.3 Å². The molecule has 0 spiro atoms. The Bertz CT molecular complexity index is 562. The zero-order valence-corrected chi connectivity index (χ0v) is 13.7. The fourth-order valence-electron chi connectivity index (χ4n) is 3.06. The summed E-state index contributed by atoms with van der Waals surface area (Å²) < 4.78 is 0. The van der Waals surface area contributed by atoms with Crippen molar-refractivity contribution >= 4 is 17.0 Å². The van der Waals surface area contributed by atoms with Gasteiger partial charge in [0.1, 0.15) is 0 Å². The van der Waals surface area contributed by atoms with Crippen LogP contribution in [0.25, 0.3) is 0 Å². The Hall–Kier alpha value is -1.32. The number of benzene rings is 1. The van der Waals surface area contributed by atoms with Crippen LogP contribution in [-0.4, -0.2) is 24.0 Å². The number of hydrogen-bond donors (Lipinski definition) is 1. The van der Waals surface area contributed by atoms with Crippen LogP contribution in [0.2, 0.25) is 0 Å². The Morgan fingerprint density at radius 1 is 1.24 bits per heavy atom. The molecule has 21 heavy (non-hydrogen) atoms. The zero-order valence-electron chi connectivity index (χ0n) is 12.9. The van der Waals surface area contributed by atoms with Crippen LogP contribution in [0.5, 0.6) is 0 Å². The molecule has 0 saturated carbocycles. The second-order valence-corrected chi connectivity index (χ2v) is 7.13. The second kappa shape index (κ2) is 6.63. The van der Waals surface area contributed by atoms with Crippen LogP contribution in [0, 0.1) is 0 Å². The van der Waals surface area contributed by atoms with E-state index in [9.17, 15) is 0 Å². The smallest absolute Gasteiger partial charge is 0.0376 e. The van der Waals surface area contributed by atoms with Gasteiger partial charge in [-0.05, 0) is 49.9 Å². The Morgan fingerprint density at radius 3 is 2.86 bits per heavy atom. The Morgan fingerprint density at radius 2 is 2.10 bits per heavy atom. The molecule has 2 nitrogen and oxygen atoms in total. The molecule has 1 aliphatic heterocycles. The first-order valence-corrected chi connectivity index (χ1v) is 8.71. The average Bonchev–Trinajstić information content (AvgIpc) is 3.13. The lowest BCUT2D eigenvalue weighted by atomic mass is 9.97. The molecule has 112 valence electrons. The van der Waals surface area contributed by atoms with E-state index in [4.69, 9.17) is 0 Å². The van der Waals surface area contributed by atoms with Crippen molar-refractivity contribution < 1.29 is 0 Å². The van der Waals surface area contributed by atoms with E-state index in [1.807, 2.05) is 11.3 Å². The summed E-state index contributed by atoms with van der Waals surface area (Å²) in [6, 6.07) is 13.7. The second-order valence-electron chi connectivity index (χ2n) is 6.10. The number of fused-ring (bicyclic) bond motifs is 1. The largest absolute Gasteiger partial charge is 0.384 e. The first kappa shape index (κ1) is 14.6. The average molecular weight is 300 g/mol. The first-order chi connectivity index (χ1) is 10.2. The molecule has 1 unspecified atom stereocenters. The van der Waals surface area contributed by atoms with Crippen LogP contribution < -0.4 is 5.32 Å². The highest BCUT2D eigenvalue weighted by molar-refractivity contribution is 7.09. The van der Waals surface area contributed by atoms with Gasteiger partial charge in [0.2, 0.25) is 0 Å². The molecular weight excluding hydrogens is 276 g/mol. The SMILES string of the molecule is CC(C)N(CCC1CNc2ccccc21)Cc1cccs1. The Balaban J connectivity index is 1.60. The molecule has 1 aliphatic rings. The van der Waals surface area contributed by atoms with Crippen molar-refractivity contribution in [1.29, 1.82) is 0 Å². The minimum absolute atomic E-state index is 0.594. The van der Waals surface area contributed by atoms with Crippen LogP contribution in [-0.2, 0) is 6.54 Å². The van der Waals surface area contributed by atoms with E-state index in [-0.39, 0.29) is 0 Å². The summed E-state index contributed by atoms with van der Waals surface area (Å²) in [6.45, 7) is 7.93. The van der Waals surface area contributed by atoms with E-state index in [0.717, 1.165) is 19.6 Å². The molecular formula is C18H24N2S. The monoisotopic (exact) mass is 300 g/mol. The third-order valence-corrected chi connectivity index (χ3v) is 5.23. The van der Waals surface area contributed by atoms with Crippen LogP contribution in [0.4, 0.5) is 5.69 Å². The number of hydrogen-bond acceptors (Lipinski definition) is 3. The molecule has 1 atom stereocenters. The van der Waals surface area contributed by atoms with Gasteiger partial charge >= 0.3 is 0 Å². The van der Waals surface area contributed by atoms with E-state index in [0.29, 0.717) is 12.0 Å². The number of anilines is 1. The van der Waals surface area contributed by atoms with Gasteiger partial charge < -0.3 is 5.32 Å². The molecule has 0 fully saturated rings. The minimum Gasteiger partial charge on any atom is -0.384 e.